The predicted octanol–water partition coefficient (Wildman–Crippen LogP) is 4.04. The number of carbonyl (C=O) groups excluding carboxylic acids is 3. The quantitative estimate of drug-likeness (QED) is 0.448. The van der Waals surface area contributed by atoms with Crippen LogP contribution in [0.2, 0.25) is 0 Å². The second-order valence-electron chi connectivity index (χ2n) is 8.06. The number of hydrogen-bond donors (Lipinski definition) is 1. The van der Waals surface area contributed by atoms with Gasteiger partial charge in [0.1, 0.15) is 18.0 Å². The van der Waals surface area contributed by atoms with Crippen molar-refractivity contribution in [2.24, 2.45) is 0 Å². The summed E-state index contributed by atoms with van der Waals surface area (Å²) in [7, 11) is 1.36. The maximum Gasteiger partial charge on any atom is 0.328 e. The summed E-state index contributed by atoms with van der Waals surface area (Å²) < 4.78 is 29.5. The Balaban J connectivity index is 1.77. The number of nitrogens with one attached hydrogen (secondary N) is 1. The molecule has 0 aliphatic rings. The first-order valence-corrected chi connectivity index (χ1v) is 11.2. The summed E-state index contributed by atoms with van der Waals surface area (Å²) in [6, 6.07) is 15.8. The number of rotatable bonds is 9. The van der Waals surface area contributed by atoms with Gasteiger partial charge < -0.3 is 19.5 Å². The molecule has 1 heterocycles. The summed E-state index contributed by atoms with van der Waals surface area (Å²) in [4.78, 5) is 41.2. The molecule has 0 aliphatic carbocycles. The van der Waals surface area contributed by atoms with Crippen LogP contribution in [0.5, 0.6) is 11.5 Å². The van der Waals surface area contributed by atoms with Crippen molar-refractivity contribution in [3.8, 4) is 11.5 Å². The zero-order valence-electron chi connectivity index (χ0n) is 20.4. The van der Waals surface area contributed by atoms with Crippen molar-refractivity contribution in [3.63, 3.8) is 0 Å². The summed E-state index contributed by atoms with van der Waals surface area (Å²) in [6.45, 7) is 4.38. The number of halogens is 1. The summed E-state index contributed by atoms with van der Waals surface area (Å²) in [5.74, 6) is -2.85. The molecule has 8 nitrogen and oxygen atoms in total. The van der Waals surface area contributed by atoms with Gasteiger partial charge in [0.15, 0.2) is 11.4 Å². The lowest BCUT2D eigenvalue weighted by molar-refractivity contribution is -0.150. The minimum Gasteiger partial charge on any atom is -0.493 e. The van der Waals surface area contributed by atoms with Crippen molar-refractivity contribution in [3.05, 3.63) is 89.5 Å². The first-order chi connectivity index (χ1) is 17.2. The molecule has 2 aromatic carbocycles. The van der Waals surface area contributed by atoms with E-state index >= 15 is 0 Å². The molecule has 1 N–H and O–H groups in total. The Bertz CT molecular complexity index is 1220. The van der Waals surface area contributed by atoms with Crippen molar-refractivity contribution >= 4 is 17.8 Å². The largest absolute Gasteiger partial charge is 0.493 e. The molecule has 9 heteroatoms. The van der Waals surface area contributed by atoms with Crippen molar-refractivity contribution in [1.82, 2.24) is 10.3 Å². The van der Waals surface area contributed by atoms with Gasteiger partial charge >= 0.3 is 11.9 Å². The molecule has 0 unspecified atom stereocenters. The first kappa shape index (κ1) is 26.3. The van der Waals surface area contributed by atoms with E-state index < -0.39 is 30.0 Å². The molecule has 0 saturated heterocycles. The van der Waals surface area contributed by atoms with Gasteiger partial charge in [-0.3, -0.25) is 9.59 Å². The lowest BCUT2D eigenvalue weighted by atomic mass is 9.87. The number of aromatic nitrogens is 1. The molecular formula is C27H27FN2O6. The number of amides is 1. The van der Waals surface area contributed by atoms with Crippen molar-refractivity contribution in [1.29, 1.82) is 0 Å². The smallest absolute Gasteiger partial charge is 0.328 e. The van der Waals surface area contributed by atoms with Gasteiger partial charge in [0.2, 0.25) is 5.75 Å². The van der Waals surface area contributed by atoms with Gasteiger partial charge in [-0.25, -0.2) is 14.2 Å². The van der Waals surface area contributed by atoms with E-state index in [0.717, 1.165) is 11.1 Å². The Labute approximate surface area is 208 Å². The number of pyridine rings is 1. The number of esters is 2. The van der Waals surface area contributed by atoms with Crippen LogP contribution in [0.25, 0.3) is 0 Å². The van der Waals surface area contributed by atoms with E-state index in [9.17, 15) is 18.8 Å². The van der Waals surface area contributed by atoms with E-state index in [2.05, 4.69) is 10.3 Å². The third-order valence-corrected chi connectivity index (χ3v) is 5.41. The zero-order chi connectivity index (χ0) is 26.2. The van der Waals surface area contributed by atoms with E-state index in [1.807, 2.05) is 30.3 Å². The number of nitrogens with zero attached hydrogens (tertiary/aromatic N) is 1. The lowest BCUT2D eigenvalue weighted by Crippen LogP contribution is -2.41. The number of methoxy groups -OCH3 is 1. The van der Waals surface area contributed by atoms with Crippen LogP contribution in [-0.4, -0.2) is 42.1 Å². The molecule has 1 aromatic heterocycles. The summed E-state index contributed by atoms with van der Waals surface area (Å²) >= 11 is 0. The molecule has 0 spiro atoms. The van der Waals surface area contributed by atoms with Gasteiger partial charge in [-0.15, -0.1) is 0 Å². The second kappa shape index (κ2) is 11.9. The van der Waals surface area contributed by atoms with Crippen molar-refractivity contribution < 1.29 is 33.0 Å². The SMILES string of the molecule is COc1ccnc(C(=O)N[C@@H](C)C(=O)O[C@@H](C)[C@H](c2ccccc2)c2ccc(F)cc2)c1OC(C)=O. The fraction of sp³-hybridized carbons (Fsp3) is 0.259. The number of hydrogen-bond acceptors (Lipinski definition) is 7. The third-order valence-electron chi connectivity index (χ3n) is 5.41. The molecule has 0 aliphatic heterocycles. The molecule has 3 atom stereocenters. The van der Waals surface area contributed by atoms with Crippen LogP contribution in [0.4, 0.5) is 4.39 Å². The fourth-order valence-electron chi connectivity index (χ4n) is 3.74. The summed E-state index contributed by atoms with van der Waals surface area (Å²) in [5, 5.41) is 2.52. The van der Waals surface area contributed by atoms with Gasteiger partial charge in [0, 0.05) is 25.1 Å². The maximum absolute atomic E-state index is 13.5. The number of ether oxygens (including phenoxy) is 3. The van der Waals surface area contributed by atoms with E-state index in [4.69, 9.17) is 14.2 Å². The van der Waals surface area contributed by atoms with Crippen LogP contribution in [0, 0.1) is 5.82 Å². The fourth-order valence-corrected chi connectivity index (χ4v) is 3.74. The number of carbonyl (C=O) groups is 3. The molecule has 3 aromatic rings. The second-order valence-corrected chi connectivity index (χ2v) is 8.06. The van der Waals surface area contributed by atoms with Crippen LogP contribution >= 0.6 is 0 Å². The van der Waals surface area contributed by atoms with E-state index in [-0.39, 0.29) is 28.9 Å². The van der Waals surface area contributed by atoms with Gasteiger partial charge in [0.25, 0.3) is 5.91 Å². The average molecular weight is 495 g/mol. The molecule has 0 bridgehead atoms. The minimum atomic E-state index is -1.05. The molecule has 0 radical (unpaired) electrons. The van der Waals surface area contributed by atoms with Crippen LogP contribution in [0.1, 0.15) is 48.3 Å². The van der Waals surface area contributed by atoms with E-state index in [1.54, 1.807) is 19.1 Å². The van der Waals surface area contributed by atoms with E-state index in [1.165, 1.54) is 45.4 Å². The molecule has 0 fully saturated rings. The maximum atomic E-state index is 13.5. The molecule has 0 saturated carbocycles. The predicted molar refractivity (Wildman–Crippen MR) is 129 cm³/mol. The molecule has 1 amide bonds. The molecule has 3 rings (SSSR count). The minimum absolute atomic E-state index is 0.138. The highest BCUT2D eigenvalue weighted by atomic mass is 19.1. The highest BCUT2D eigenvalue weighted by Crippen LogP contribution is 2.31. The zero-order valence-corrected chi connectivity index (χ0v) is 20.4. The van der Waals surface area contributed by atoms with Crippen LogP contribution < -0.4 is 14.8 Å². The van der Waals surface area contributed by atoms with Gasteiger partial charge in [-0.05, 0) is 37.1 Å². The Hall–Kier alpha value is -4.27. The molecule has 36 heavy (non-hydrogen) atoms. The van der Waals surface area contributed by atoms with E-state index in [0.29, 0.717) is 0 Å². The highest BCUT2D eigenvalue weighted by Gasteiger charge is 2.29. The van der Waals surface area contributed by atoms with Gasteiger partial charge in [-0.1, -0.05) is 42.5 Å². The molecule has 188 valence electrons. The van der Waals surface area contributed by atoms with Crippen LogP contribution in [0.15, 0.2) is 66.9 Å². The Morgan fingerprint density at radius 3 is 2.19 bits per heavy atom. The van der Waals surface area contributed by atoms with Crippen LogP contribution in [-0.2, 0) is 14.3 Å². The van der Waals surface area contributed by atoms with Gasteiger partial charge in [0.05, 0.1) is 7.11 Å². The lowest BCUT2D eigenvalue weighted by Gasteiger charge is -2.26. The standard InChI is InChI=1S/C27H27FN2O6/c1-16(30-26(32)24-25(36-18(3)31)22(34-4)14-15-29-24)27(33)35-17(2)23(19-8-6-5-7-9-19)20-10-12-21(28)13-11-20/h5-17,23H,1-4H3,(H,30,32)/t16-,17-,23+/m0/s1. The number of benzene rings is 2. The summed E-state index contributed by atoms with van der Waals surface area (Å²) in [6.07, 6.45) is 0.676. The summed E-state index contributed by atoms with van der Waals surface area (Å²) in [5.41, 5.74) is 1.43. The van der Waals surface area contributed by atoms with Crippen LogP contribution in [0.3, 0.4) is 0 Å². The Kier molecular flexibility index (Phi) is 8.72. The Morgan fingerprint density at radius 2 is 1.58 bits per heavy atom. The first-order valence-electron chi connectivity index (χ1n) is 11.2. The normalized spacial score (nSPS) is 13.1. The topological polar surface area (TPSA) is 104 Å². The monoisotopic (exact) mass is 494 g/mol. The molecular weight excluding hydrogens is 467 g/mol. The third kappa shape index (κ3) is 6.44. The van der Waals surface area contributed by atoms with Gasteiger partial charge in [-0.2, -0.15) is 0 Å². The average Bonchev–Trinajstić information content (AvgIpc) is 2.85. The van der Waals surface area contributed by atoms with Crippen molar-refractivity contribution in [2.45, 2.75) is 38.8 Å². The Morgan fingerprint density at radius 1 is 0.944 bits per heavy atom. The van der Waals surface area contributed by atoms with Crippen molar-refractivity contribution in [2.75, 3.05) is 7.11 Å². The highest BCUT2D eigenvalue weighted by molar-refractivity contribution is 5.98.